The Labute approximate surface area is 243 Å². The van der Waals surface area contributed by atoms with Crippen LogP contribution in [0.4, 0.5) is 5.69 Å². The molecule has 0 heterocycles. The second-order valence-electron chi connectivity index (χ2n) is 10.3. The largest absolute Gasteiger partial charge is 0.352 e. The maximum absolute atomic E-state index is 14.1. The van der Waals surface area contributed by atoms with E-state index in [0.29, 0.717) is 22.7 Å². The Balaban J connectivity index is 2.07. The van der Waals surface area contributed by atoms with Crippen molar-refractivity contribution >= 4 is 39.1 Å². The standard InChI is InChI=1S/C31H38ClN3O4S/c1-6-29(31(37)33-23(4)5)34(20-25-12-10-11-15-28(25)32)30(36)21-35(26-18-16-24(17-19-26)22(2)3)40(38,39)27-13-8-7-9-14-27/h7-19,22-23,29H,6,20-21H2,1-5H3,(H,33,37)/t29-/m1/s1. The number of rotatable bonds is 12. The van der Waals surface area contributed by atoms with E-state index in [2.05, 4.69) is 19.2 Å². The van der Waals surface area contributed by atoms with Gasteiger partial charge in [0.05, 0.1) is 10.6 Å². The summed E-state index contributed by atoms with van der Waals surface area (Å²) in [7, 11) is -4.11. The van der Waals surface area contributed by atoms with E-state index < -0.39 is 28.5 Å². The van der Waals surface area contributed by atoms with Crippen molar-refractivity contribution in [2.75, 3.05) is 10.8 Å². The molecule has 1 N–H and O–H groups in total. The molecule has 0 saturated heterocycles. The summed E-state index contributed by atoms with van der Waals surface area (Å²) in [6.07, 6.45) is 0.337. The van der Waals surface area contributed by atoms with Crippen LogP contribution >= 0.6 is 11.6 Å². The molecule has 0 unspecified atom stereocenters. The normalized spacial score (nSPS) is 12.3. The van der Waals surface area contributed by atoms with Crippen LogP contribution in [0.25, 0.3) is 0 Å². The van der Waals surface area contributed by atoms with Crippen LogP contribution in [0.15, 0.2) is 83.8 Å². The lowest BCUT2D eigenvalue weighted by Gasteiger charge is -2.33. The average Bonchev–Trinajstić information content (AvgIpc) is 2.92. The van der Waals surface area contributed by atoms with Crippen molar-refractivity contribution in [2.45, 2.75) is 70.5 Å². The van der Waals surface area contributed by atoms with Gasteiger partial charge in [-0.15, -0.1) is 0 Å². The number of hydrogen-bond donors (Lipinski definition) is 1. The molecule has 3 aromatic carbocycles. The molecule has 0 saturated carbocycles. The second-order valence-corrected chi connectivity index (χ2v) is 12.5. The first-order valence-corrected chi connectivity index (χ1v) is 15.3. The van der Waals surface area contributed by atoms with E-state index in [1.54, 1.807) is 54.6 Å². The van der Waals surface area contributed by atoms with E-state index in [-0.39, 0.29) is 29.3 Å². The number of anilines is 1. The molecule has 0 aliphatic rings. The van der Waals surface area contributed by atoms with Gasteiger partial charge < -0.3 is 10.2 Å². The average molecular weight is 584 g/mol. The molecular weight excluding hydrogens is 546 g/mol. The van der Waals surface area contributed by atoms with Crippen LogP contribution in [0.1, 0.15) is 58.1 Å². The van der Waals surface area contributed by atoms with Crippen molar-refractivity contribution < 1.29 is 18.0 Å². The first-order chi connectivity index (χ1) is 18.9. The number of carbonyl (C=O) groups is 2. The highest BCUT2D eigenvalue weighted by Gasteiger charge is 2.34. The van der Waals surface area contributed by atoms with Gasteiger partial charge in [-0.3, -0.25) is 13.9 Å². The highest BCUT2D eigenvalue weighted by Crippen LogP contribution is 2.27. The van der Waals surface area contributed by atoms with E-state index in [4.69, 9.17) is 11.6 Å². The number of sulfonamides is 1. The lowest BCUT2D eigenvalue weighted by Crippen LogP contribution is -2.53. The smallest absolute Gasteiger partial charge is 0.264 e. The molecule has 7 nitrogen and oxygen atoms in total. The third-order valence-corrected chi connectivity index (χ3v) is 8.73. The van der Waals surface area contributed by atoms with Crippen LogP contribution in [0.3, 0.4) is 0 Å². The first kappa shape index (κ1) is 31.2. The number of halogens is 1. The topological polar surface area (TPSA) is 86.8 Å². The van der Waals surface area contributed by atoms with Gasteiger partial charge in [-0.2, -0.15) is 0 Å². The van der Waals surface area contributed by atoms with Gasteiger partial charge in [-0.25, -0.2) is 8.42 Å². The van der Waals surface area contributed by atoms with Crippen molar-refractivity contribution in [1.29, 1.82) is 0 Å². The first-order valence-electron chi connectivity index (χ1n) is 13.5. The summed E-state index contributed by atoms with van der Waals surface area (Å²) >= 11 is 6.43. The van der Waals surface area contributed by atoms with Crippen molar-refractivity contribution in [3.63, 3.8) is 0 Å². The van der Waals surface area contributed by atoms with Crippen LogP contribution in [0, 0.1) is 0 Å². The monoisotopic (exact) mass is 583 g/mol. The Hall–Kier alpha value is -3.36. The Morgan fingerprint density at radius 1 is 0.875 bits per heavy atom. The molecule has 40 heavy (non-hydrogen) atoms. The number of nitrogens with zero attached hydrogens (tertiary/aromatic N) is 2. The minimum absolute atomic E-state index is 0.0496. The zero-order valence-corrected chi connectivity index (χ0v) is 25.2. The minimum Gasteiger partial charge on any atom is -0.352 e. The number of carbonyl (C=O) groups excluding carboxylic acids is 2. The number of benzene rings is 3. The van der Waals surface area contributed by atoms with Crippen molar-refractivity contribution in [3.8, 4) is 0 Å². The van der Waals surface area contributed by atoms with Crippen molar-refractivity contribution in [1.82, 2.24) is 10.2 Å². The fourth-order valence-corrected chi connectivity index (χ4v) is 6.01. The molecule has 214 valence electrons. The second kappa shape index (κ2) is 13.8. The summed E-state index contributed by atoms with van der Waals surface area (Å²) in [5.74, 6) is -0.569. The van der Waals surface area contributed by atoms with E-state index in [9.17, 15) is 18.0 Å². The van der Waals surface area contributed by atoms with Gasteiger partial charge in [0.15, 0.2) is 0 Å². The predicted molar refractivity (Wildman–Crippen MR) is 161 cm³/mol. The lowest BCUT2D eigenvalue weighted by molar-refractivity contribution is -0.140. The minimum atomic E-state index is -4.11. The van der Waals surface area contributed by atoms with E-state index in [0.717, 1.165) is 9.87 Å². The van der Waals surface area contributed by atoms with Crippen LogP contribution in [0.2, 0.25) is 5.02 Å². The van der Waals surface area contributed by atoms with Crippen LogP contribution < -0.4 is 9.62 Å². The van der Waals surface area contributed by atoms with Gasteiger partial charge in [-0.1, -0.05) is 80.9 Å². The summed E-state index contributed by atoms with van der Waals surface area (Å²) in [6.45, 7) is 9.18. The van der Waals surface area contributed by atoms with Crippen molar-refractivity contribution in [3.05, 3.63) is 95.0 Å². The Morgan fingerprint density at radius 2 is 1.48 bits per heavy atom. The third kappa shape index (κ3) is 7.64. The molecule has 0 aromatic heterocycles. The SMILES string of the molecule is CC[C@H](C(=O)NC(C)C)N(Cc1ccccc1Cl)C(=O)CN(c1ccc(C(C)C)cc1)S(=O)(=O)c1ccccc1. The number of nitrogens with one attached hydrogen (secondary N) is 1. The molecule has 0 aliphatic carbocycles. The van der Waals surface area contributed by atoms with E-state index in [1.807, 2.05) is 32.9 Å². The molecule has 0 bridgehead atoms. The molecule has 0 radical (unpaired) electrons. The van der Waals surface area contributed by atoms with Crippen molar-refractivity contribution in [2.24, 2.45) is 0 Å². The molecule has 1 atom stereocenters. The maximum Gasteiger partial charge on any atom is 0.264 e. The van der Waals surface area contributed by atoms with Gasteiger partial charge in [-0.05, 0) is 67.6 Å². The molecule has 0 spiro atoms. The van der Waals surface area contributed by atoms with Gasteiger partial charge in [0.2, 0.25) is 11.8 Å². The summed E-state index contributed by atoms with van der Waals surface area (Å²) in [6, 6.07) is 21.3. The fraction of sp³-hybridized carbons (Fsp3) is 0.355. The molecule has 3 rings (SSSR count). The van der Waals surface area contributed by atoms with Crippen LogP contribution in [-0.4, -0.2) is 43.8 Å². The lowest BCUT2D eigenvalue weighted by atomic mass is 10.0. The van der Waals surface area contributed by atoms with E-state index in [1.165, 1.54) is 17.0 Å². The molecule has 3 aromatic rings. The highest BCUT2D eigenvalue weighted by atomic mass is 35.5. The zero-order chi connectivity index (χ0) is 29.4. The number of hydrogen-bond acceptors (Lipinski definition) is 4. The highest BCUT2D eigenvalue weighted by molar-refractivity contribution is 7.92. The zero-order valence-electron chi connectivity index (χ0n) is 23.7. The van der Waals surface area contributed by atoms with E-state index >= 15 is 0 Å². The predicted octanol–water partition coefficient (Wildman–Crippen LogP) is 5.99. The Bertz CT molecular complexity index is 1390. The quantitative estimate of drug-likeness (QED) is 0.284. The van der Waals surface area contributed by atoms with Gasteiger partial charge in [0, 0.05) is 17.6 Å². The van der Waals surface area contributed by atoms with Gasteiger partial charge >= 0.3 is 0 Å². The maximum atomic E-state index is 14.1. The fourth-order valence-electron chi connectivity index (χ4n) is 4.38. The summed E-state index contributed by atoms with van der Waals surface area (Å²) in [5, 5.41) is 3.35. The molecule has 2 amide bonds. The van der Waals surface area contributed by atoms with Crippen LogP contribution in [-0.2, 0) is 26.2 Å². The Morgan fingerprint density at radius 3 is 2.02 bits per heavy atom. The molecule has 9 heteroatoms. The summed E-state index contributed by atoms with van der Waals surface area (Å²) in [4.78, 5) is 28.8. The van der Waals surface area contributed by atoms with Crippen LogP contribution in [0.5, 0.6) is 0 Å². The van der Waals surface area contributed by atoms with Gasteiger partial charge in [0.25, 0.3) is 10.0 Å². The summed E-state index contributed by atoms with van der Waals surface area (Å²) < 4.78 is 28.9. The number of amides is 2. The molecular formula is C31H38ClN3O4S. The van der Waals surface area contributed by atoms with Gasteiger partial charge in [0.1, 0.15) is 12.6 Å². The summed E-state index contributed by atoms with van der Waals surface area (Å²) in [5.41, 5.74) is 2.06. The third-order valence-electron chi connectivity index (χ3n) is 6.57. The molecule has 0 aliphatic heterocycles. The Kier molecular flexibility index (Phi) is 10.8. The molecule has 0 fully saturated rings.